The zero-order valence-corrected chi connectivity index (χ0v) is 29.2. The van der Waals surface area contributed by atoms with Crippen molar-refractivity contribution >= 4 is 33.4 Å². The van der Waals surface area contributed by atoms with Crippen LogP contribution in [0, 0.1) is 12.8 Å². The van der Waals surface area contributed by atoms with Crippen LogP contribution in [0.3, 0.4) is 0 Å². The average molecular weight is 714 g/mol. The molecule has 6 rings (SSSR count). The molecule has 1 aliphatic heterocycles. The molecule has 4 aromatic carbocycles. The summed E-state index contributed by atoms with van der Waals surface area (Å²) in [6.45, 7) is 3.90. The maximum absolute atomic E-state index is 13.8. The molecule has 260 valence electrons. The zero-order valence-electron chi connectivity index (χ0n) is 27.6. The molecular formula is C37H39N5O6S2. The van der Waals surface area contributed by atoms with Crippen LogP contribution in [0.25, 0.3) is 0 Å². The number of aliphatic hydroxyl groups is 1. The molecule has 4 N–H and O–H groups in total. The molecule has 0 spiro atoms. The number of ether oxygens (including phenoxy) is 2. The molecule has 50 heavy (non-hydrogen) atoms. The molecule has 1 aromatic heterocycles. The number of H-pyrrole nitrogens is 1. The van der Waals surface area contributed by atoms with E-state index in [0.717, 1.165) is 22.3 Å². The maximum atomic E-state index is 13.8. The Hall–Kier alpha value is -4.37. The quantitative estimate of drug-likeness (QED) is 0.112. The first-order chi connectivity index (χ1) is 24.2. The third-order valence-electron chi connectivity index (χ3n) is 8.55. The number of aryl methyl sites for hydroxylation is 1. The Balaban J connectivity index is 1.23. The van der Waals surface area contributed by atoms with Gasteiger partial charge < -0.3 is 19.9 Å². The fourth-order valence-electron chi connectivity index (χ4n) is 5.74. The summed E-state index contributed by atoms with van der Waals surface area (Å²) in [6.07, 6.45) is 0.266. The van der Waals surface area contributed by atoms with Crippen LogP contribution in [0.1, 0.15) is 47.1 Å². The average Bonchev–Trinajstić information content (AvgIpc) is 3.65. The van der Waals surface area contributed by atoms with Crippen LogP contribution in [0.5, 0.6) is 0 Å². The summed E-state index contributed by atoms with van der Waals surface area (Å²) in [7, 11) is -4.01. The second-order valence-corrected chi connectivity index (χ2v) is 14.9. The molecule has 1 aliphatic rings. The molecule has 1 saturated heterocycles. The Kier molecular flexibility index (Phi) is 11.4. The summed E-state index contributed by atoms with van der Waals surface area (Å²) in [5.74, 6) is 0.0361. The van der Waals surface area contributed by atoms with Gasteiger partial charge in [-0.2, -0.15) is 9.82 Å². The van der Waals surface area contributed by atoms with Crippen LogP contribution < -0.4 is 10.0 Å². The highest BCUT2D eigenvalue weighted by Gasteiger charge is 2.38. The van der Waals surface area contributed by atoms with Gasteiger partial charge in [0, 0.05) is 22.9 Å². The number of amides is 1. The Morgan fingerprint density at radius 2 is 1.70 bits per heavy atom. The number of hydrogen-bond donors (Lipinski definition) is 4. The van der Waals surface area contributed by atoms with Crippen molar-refractivity contribution in [3.05, 3.63) is 137 Å². The molecule has 0 aliphatic carbocycles. The summed E-state index contributed by atoms with van der Waals surface area (Å²) in [6, 6.07) is 29.5. The van der Waals surface area contributed by atoms with Gasteiger partial charge in [0.05, 0.1) is 23.7 Å². The van der Waals surface area contributed by atoms with E-state index in [4.69, 9.17) is 9.47 Å². The maximum Gasteiger partial charge on any atom is 0.242 e. The molecule has 0 bridgehead atoms. The normalized spacial score (nSPS) is 19.9. The smallest absolute Gasteiger partial charge is 0.242 e. The SMILES string of the molecule is Cc1ccc(S(=O)(=O)N[C@H](Cc2ccccc2)C(=O)Nc2cccc(C3O[C@H](CSc4ncn[nH]4)[C@H](C)[C@H](c4ccc(CO)cc4)O3)c2)cc1. The number of thioether (sulfide) groups is 1. The topological polar surface area (TPSA) is 156 Å². The second kappa shape index (κ2) is 16.1. The van der Waals surface area contributed by atoms with Crippen LogP contribution in [-0.4, -0.2) is 52.5 Å². The third kappa shape index (κ3) is 8.85. The molecule has 1 unspecified atom stereocenters. The number of aromatic amines is 1. The zero-order chi connectivity index (χ0) is 35.1. The minimum absolute atomic E-state index is 0.0372. The lowest BCUT2D eigenvalue weighted by molar-refractivity contribution is -0.268. The first-order valence-corrected chi connectivity index (χ1v) is 18.7. The lowest BCUT2D eigenvalue weighted by Gasteiger charge is -2.41. The van der Waals surface area contributed by atoms with E-state index in [1.807, 2.05) is 67.6 Å². The van der Waals surface area contributed by atoms with Crippen molar-refractivity contribution in [1.82, 2.24) is 19.9 Å². The molecule has 11 nitrogen and oxygen atoms in total. The third-order valence-corrected chi connectivity index (χ3v) is 11.0. The summed E-state index contributed by atoms with van der Waals surface area (Å²) < 4.78 is 42.5. The summed E-state index contributed by atoms with van der Waals surface area (Å²) >= 11 is 1.50. The van der Waals surface area contributed by atoms with Crippen molar-refractivity contribution in [3.63, 3.8) is 0 Å². The van der Waals surface area contributed by atoms with Gasteiger partial charge in [0.15, 0.2) is 11.4 Å². The number of aliphatic hydroxyl groups excluding tert-OH is 1. The number of aromatic nitrogens is 3. The number of anilines is 1. The van der Waals surface area contributed by atoms with Crippen LogP contribution in [0.4, 0.5) is 5.69 Å². The Morgan fingerprint density at radius 3 is 2.40 bits per heavy atom. The fraction of sp³-hybridized carbons (Fsp3) is 0.270. The molecule has 13 heteroatoms. The van der Waals surface area contributed by atoms with Gasteiger partial charge in [-0.15, -0.1) is 0 Å². The van der Waals surface area contributed by atoms with Crippen molar-refractivity contribution in [3.8, 4) is 0 Å². The Bertz CT molecular complexity index is 1960. The first-order valence-electron chi connectivity index (χ1n) is 16.2. The van der Waals surface area contributed by atoms with Crippen molar-refractivity contribution in [2.45, 2.75) is 61.5 Å². The van der Waals surface area contributed by atoms with Gasteiger partial charge in [-0.05, 0) is 54.3 Å². The van der Waals surface area contributed by atoms with E-state index < -0.39 is 28.3 Å². The number of nitrogens with one attached hydrogen (secondary N) is 3. The monoisotopic (exact) mass is 713 g/mol. The molecule has 0 radical (unpaired) electrons. The van der Waals surface area contributed by atoms with Crippen molar-refractivity contribution < 1.29 is 27.8 Å². The van der Waals surface area contributed by atoms with E-state index in [9.17, 15) is 18.3 Å². The predicted molar refractivity (Wildman–Crippen MR) is 191 cm³/mol. The fourth-order valence-corrected chi connectivity index (χ4v) is 7.88. The molecular weight excluding hydrogens is 675 g/mol. The van der Waals surface area contributed by atoms with E-state index in [1.165, 1.54) is 30.2 Å². The number of nitrogens with zero attached hydrogens (tertiary/aromatic N) is 2. The lowest BCUT2D eigenvalue weighted by atomic mass is 9.91. The predicted octanol–water partition coefficient (Wildman–Crippen LogP) is 5.72. The highest BCUT2D eigenvalue weighted by molar-refractivity contribution is 7.99. The minimum atomic E-state index is -4.01. The van der Waals surface area contributed by atoms with E-state index in [0.29, 0.717) is 22.2 Å². The Morgan fingerprint density at radius 1 is 0.940 bits per heavy atom. The number of sulfonamides is 1. The molecule has 5 atom stereocenters. The van der Waals surface area contributed by atoms with Crippen LogP contribution in [0.15, 0.2) is 120 Å². The van der Waals surface area contributed by atoms with Gasteiger partial charge >= 0.3 is 0 Å². The van der Waals surface area contributed by atoms with Gasteiger partial charge in [0.2, 0.25) is 15.9 Å². The van der Waals surface area contributed by atoms with Gasteiger partial charge in [-0.25, -0.2) is 13.4 Å². The molecule has 2 heterocycles. The largest absolute Gasteiger partial charge is 0.392 e. The van der Waals surface area contributed by atoms with Gasteiger partial charge in [-0.3, -0.25) is 9.89 Å². The molecule has 0 saturated carbocycles. The van der Waals surface area contributed by atoms with Crippen LogP contribution in [0.2, 0.25) is 0 Å². The minimum Gasteiger partial charge on any atom is -0.392 e. The molecule has 1 amide bonds. The first kappa shape index (κ1) is 35.5. The summed E-state index contributed by atoms with van der Waals surface area (Å²) in [5, 5.41) is 20.0. The number of benzene rings is 4. The Labute approximate surface area is 295 Å². The highest BCUT2D eigenvalue weighted by Crippen LogP contribution is 2.43. The van der Waals surface area contributed by atoms with Crippen LogP contribution >= 0.6 is 11.8 Å². The van der Waals surface area contributed by atoms with Crippen molar-refractivity contribution in [2.75, 3.05) is 11.1 Å². The van der Waals surface area contributed by atoms with Crippen LogP contribution in [-0.2, 0) is 37.3 Å². The van der Waals surface area contributed by atoms with Crippen molar-refractivity contribution in [2.24, 2.45) is 5.92 Å². The van der Waals surface area contributed by atoms with E-state index in [2.05, 4.69) is 32.1 Å². The highest BCUT2D eigenvalue weighted by atomic mass is 32.2. The number of rotatable bonds is 13. The van der Waals surface area contributed by atoms with E-state index >= 15 is 0 Å². The number of hydrogen-bond acceptors (Lipinski definition) is 9. The molecule has 1 fully saturated rings. The number of carbonyl (C=O) groups excluding carboxylic acids is 1. The van der Waals surface area contributed by atoms with Gasteiger partial charge in [0.1, 0.15) is 12.4 Å². The van der Waals surface area contributed by atoms with E-state index in [-0.39, 0.29) is 36.0 Å². The standard InChI is InChI=1S/C37H39N5O6S2/c1-24-11-17-31(18-12-24)50(45,46)42-32(19-26-7-4-3-5-8-26)35(44)40-30-10-6-9-29(20-30)36-47-33(22-49-37-38-23-39-41-37)25(2)34(48-36)28-15-13-27(21-43)14-16-28/h3-18,20,23,25,32-34,36,42-43H,19,21-22H2,1-2H3,(H,40,44)(H,38,39,41)/t25-,32+,33+,34+,36?/m0/s1. The van der Waals surface area contributed by atoms with E-state index in [1.54, 1.807) is 30.3 Å². The summed E-state index contributed by atoms with van der Waals surface area (Å²) in [4.78, 5) is 18.1. The van der Waals surface area contributed by atoms with Gasteiger partial charge in [-0.1, -0.05) is 103 Å². The van der Waals surface area contributed by atoms with Gasteiger partial charge in [0.25, 0.3) is 0 Å². The lowest BCUT2D eigenvalue weighted by Crippen LogP contribution is -2.45. The van der Waals surface area contributed by atoms with Crippen molar-refractivity contribution in [1.29, 1.82) is 0 Å². The summed E-state index contributed by atoms with van der Waals surface area (Å²) in [5.41, 5.74) is 4.62. The second-order valence-electron chi connectivity index (χ2n) is 12.2. The molecule has 5 aromatic rings. The number of carbonyl (C=O) groups is 1.